The van der Waals surface area contributed by atoms with Crippen LogP contribution in [-0.2, 0) is 4.79 Å². The van der Waals surface area contributed by atoms with E-state index in [-0.39, 0.29) is 23.1 Å². The fourth-order valence-corrected chi connectivity index (χ4v) is 1.96. The number of amides is 1. The molecule has 5 nitrogen and oxygen atoms in total. The molecule has 18 heavy (non-hydrogen) atoms. The Bertz CT molecular complexity index is 509. The minimum Gasteiger partial charge on any atom is -0.409 e. The first-order valence-electron chi connectivity index (χ1n) is 5.83. The fraction of sp³-hybridized carbons (Fsp3) is 0.385. The molecule has 1 fully saturated rings. The minimum absolute atomic E-state index is 0.0247. The smallest absolute Gasteiger partial charge is 0.228 e. The maximum absolute atomic E-state index is 11.9. The molecule has 0 aromatic heterocycles. The molecule has 1 amide bonds. The molecule has 1 aliphatic carbocycles. The lowest BCUT2D eigenvalue weighted by Crippen LogP contribution is -2.18. The van der Waals surface area contributed by atoms with Crippen LogP contribution in [0.25, 0.3) is 0 Å². The quantitative estimate of drug-likeness (QED) is 0.329. The van der Waals surface area contributed by atoms with Crippen molar-refractivity contribution in [1.82, 2.24) is 0 Å². The molecular formula is C13H17N3O2. The van der Waals surface area contributed by atoms with Crippen molar-refractivity contribution in [2.75, 3.05) is 5.32 Å². The van der Waals surface area contributed by atoms with Crippen molar-refractivity contribution in [1.29, 1.82) is 0 Å². The Labute approximate surface area is 106 Å². The highest BCUT2D eigenvalue weighted by Gasteiger charge is 2.50. The predicted molar refractivity (Wildman–Crippen MR) is 69.5 cm³/mol. The van der Waals surface area contributed by atoms with Gasteiger partial charge in [-0.25, -0.2) is 0 Å². The largest absolute Gasteiger partial charge is 0.409 e. The number of hydrogen-bond donors (Lipinski definition) is 3. The molecule has 0 spiro atoms. The van der Waals surface area contributed by atoms with Crippen molar-refractivity contribution in [2.45, 2.75) is 20.3 Å². The van der Waals surface area contributed by atoms with Gasteiger partial charge in [-0.1, -0.05) is 31.1 Å². The second-order valence-electron chi connectivity index (χ2n) is 5.30. The van der Waals surface area contributed by atoms with Crippen LogP contribution in [0.3, 0.4) is 0 Å². The molecule has 0 heterocycles. The first-order chi connectivity index (χ1) is 8.44. The zero-order valence-corrected chi connectivity index (χ0v) is 10.5. The number of anilines is 1. The van der Waals surface area contributed by atoms with Crippen molar-refractivity contribution in [3.05, 3.63) is 29.8 Å². The highest BCUT2D eigenvalue weighted by molar-refractivity contribution is 6.00. The van der Waals surface area contributed by atoms with Crippen LogP contribution in [0.2, 0.25) is 0 Å². The molecule has 4 N–H and O–H groups in total. The van der Waals surface area contributed by atoms with E-state index in [0.717, 1.165) is 6.42 Å². The van der Waals surface area contributed by atoms with Crippen LogP contribution in [0.4, 0.5) is 5.69 Å². The topological polar surface area (TPSA) is 87.7 Å². The van der Waals surface area contributed by atoms with Gasteiger partial charge >= 0.3 is 0 Å². The number of rotatable bonds is 3. The van der Waals surface area contributed by atoms with Crippen LogP contribution in [0.15, 0.2) is 29.4 Å². The zero-order chi connectivity index (χ0) is 13.3. The molecule has 1 aromatic rings. The molecule has 0 saturated heterocycles. The van der Waals surface area contributed by atoms with Crippen molar-refractivity contribution in [3.63, 3.8) is 0 Å². The van der Waals surface area contributed by atoms with Crippen molar-refractivity contribution < 1.29 is 10.0 Å². The Hall–Kier alpha value is -2.04. The van der Waals surface area contributed by atoms with E-state index in [4.69, 9.17) is 10.9 Å². The van der Waals surface area contributed by atoms with Gasteiger partial charge in [0.2, 0.25) is 5.91 Å². The Balaban J connectivity index is 2.08. The van der Waals surface area contributed by atoms with Gasteiger partial charge in [0.25, 0.3) is 0 Å². The lowest BCUT2D eigenvalue weighted by atomic mass is 10.1. The summed E-state index contributed by atoms with van der Waals surface area (Å²) in [6.07, 6.45) is 0.915. The van der Waals surface area contributed by atoms with E-state index in [2.05, 4.69) is 24.3 Å². The van der Waals surface area contributed by atoms with E-state index < -0.39 is 0 Å². The molecule has 1 aliphatic rings. The van der Waals surface area contributed by atoms with E-state index >= 15 is 0 Å². The number of carbonyl (C=O) groups excluding carboxylic acids is 1. The minimum atomic E-state index is 0.0247. The summed E-state index contributed by atoms with van der Waals surface area (Å²) in [6.45, 7) is 4.15. The van der Waals surface area contributed by atoms with Gasteiger partial charge in [-0.3, -0.25) is 4.79 Å². The summed E-state index contributed by atoms with van der Waals surface area (Å²) < 4.78 is 0. The molecule has 2 rings (SSSR count). The summed E-state index contributed by atoms with van der Waals surface area (Å²) in [7, 11) is 0. The summed E-state index contributed by atoms with van der Waals surface area (Å²) in [4.78, 5) is 11.9. The van der Waals surface area contributed by atoms with Crippen LogP contribution in [0.1, 0.15) is 25.8 Å². The number of benzene rings is 1. The second-order valence-corrected chi connectivity index (χ2v) is 5.30. The van der Waals surface area contributed by atoms with E-state index in [9.17, 15) is 4.79 Å². The summed E-state index contributed by atoms with van der Waals surface area (Å²) in [5.74, 6) is 0.125. The molecule has 1 saturated carbocycles. The predicted octanol–water partition coefficient (Wildman–Crippen LogP) is 1.77. The molecular weight excluding hydrogens is 230 g/mol. The molecule has 5 heteroatoms. The average molecular weight is 247 g/mol. The molecule has 0 bridgehead atoms. The molecule has 96 valence electrons. The third-order valence-corrected chi connectivity index (χ3v) is 3.36. The normalized spacial score (nSPS) is 21.4. The van der Waals surface area contributed by atoms with Gasteiger partial charge in [0, 0.05) is 17.2 Å². The van der Waals surface area contributed by atoms with Crippen LogP contribution in [0.5, 0.6) is 0 Å². The Kier molecular flexibility index (Phi) is 2.98. The van der Waals surface area contributed by atoms with Crippen LogP contribution >= 0.6 is 0 Å². The number of amidine groups is 1. The number of nitrogens with two attached hydrogens (primary N) is 1. The monoisotopic (exact) mass is 247 g/mol. The summed E-state index contributed by atoms with van der Waals surface area (Å²) in [6, 6.07) is 6.93. The first kappa shape index (κ1) is 12.4. The average Bonchev–Trinajstić information content (AvgIpc) is 2.98. The van der Waals surface area contributed by atoms with Gasteiger partial charge < -0.3 is 16.3 Å². The van der Waals surface area contributed by atoms with Gasteiger partial charge in [0.15, 0.2) is 5.84 Å². The standard InChI is InChI=1S/C13H17N3O2/c1-13(2)7-10(13)12(17)15-9-5-3-4-8(6-9)11(14)16-18/h3-6,10,18H,7H2,1-2H3,(H2,14,16)(H,15,17). The lowest BCUT2D eigenvalue weighted by molar-refractivity contribution is -0.117. The number of nitrogens with one attached hydrogen (secondary N) is 1. The van der Waals surface area contributed by atoms with Gasteiger partial charge in [-0.2, -0.15) is 0 Å². The van der Waals surface area contributed by atoms with Crippen molar-refractivity contribution >= 4 is 17.4 Å². The highest BCUT2D eigenvalue weighted by Crippen LogP contribution is 2.51. The molecule has 0 radical (unpaired) electrons. The third-order valence-electron chi connectivity index (χ3n) is 3.36. The Morgan fingerprint density at radius 3 is 2.78 bits per heavy atom. The zero-order valence-electron chi connectivity index (χ0n) is 10.5. The lowest BCUT2D eigenvalue weighted by Gasteiger charge is -2.07. The van der Waals surface area contributed by atoms with Crippen LogP contribution in [-0.4, -0.2) is 17.0 Å². The number of hydrogen-bond acceptors (Lipinski definition) is 3. The molecule has 1 unspecified atom stereocenters. The fourth-order valence-electron chi connectivity index (χ4n) is 1.96. The van der Waals surface area contributed by atoms with Gasteiger partial charge in [0.1, 0.15) is 0 Å². The number of carbonyl (C=O) groups is 1. The molecule has 0 aliphatic heterocycles. The van der Waals surface area contributed by atoms with Crippen LogP contribution < -0.4 is 11.1 Å². The maximum atomic E-state index is 11.9. The van der Waals surface area contributed by atoms with E-state index in [1.54, 1.807) is 24.3 Å². The molecule has 1 atom stereocenters. The summed E-state index contributed by atoms with van der Waals surface area (Å²) in [5, 5.41) is 14.4. The van der Waals surface area contributed by atoms with E-state index in [0.29, 0.717) is 11.3 Å². The Morgan fingerprint density at radius 1 is 1.56 bits per heavy atom. The number of oxime groups is 1. The summed E-state index contributed by atoms with van der Waals surface area (Å²) in [5.41, 5.74) is 6.83. The molecule has 1 aromatic carbocycles. The van der Waals surface area contributed by atoms with Crippen LogP contribution in [0, 0.1) is 11.3 Å². The van der Waals surface area contributed by atoms with E-state index in [1.165, 1.54) is 0 Å². The van der Waals surface area contributed by atoms with Gasteiger partial charge in [0.05, 0.1) is 0 Å². The first-order valence-corrected chi connectivity index (χ1v) is 5.83. The second kappa shape index (κ2) is 4.33. The SMILES string of the molecule is CC1(C)CC1C(=O)Nc1cccc(/C(N)=N/O)c1. The van der Waals surface area contributed by atoms with Gasteiger partial charge in [-0.05, 0) is 24.0 Å². The number of nitrogens with zero attached hydrogens (tertiary/aromatic N) is 1. The third kappa shape index (κ3) is 2.45. The summed E-state index contributed by atoms with van der Waals surface area (Å²) >= 11 is 0. The Morgan fingerprint density at radius 2 is 2.22 bits per heavy atom. The van der Waals surface area contributed by atoms with Crippen molar-refractivity contribution in [2.24, 2.45) is 22.2 Å². The van der Waals surface area contributed by atoms with Gasteiger partial charge in [-0.15, -0.1) is 0 Å². The highest BCUT2D eigenvalue weighted by atomic mass is 16.4. The van der Waals surface area contributed by atoms with Crippen molar-refractivity contribution in [3.8, 4) is 0 Å². The van der Waals surface area contributed by atoms with E-state index in [1.807, 2.05) is 0 Å². The maximum Gasteiger partial charge on any atom is 0.228 e.